The molecule has 0 saturated carbocycles. The van der Waals surface area contributed by atoms with Crippen LogP contribution in [0.5, 0.6) is 0 Å². The number of nitrogens with one attached hydrogen (secondary N) is 1. The number of amides is 2. The molecule has 4 rings (SSSR count). The number of rotatable bonds is 1. The molecule has 1 N–H and O–H groups in total. The monoisotopic (exact) mass is 372 g/mol. The molecule has 2 heterocycles. The van der Waals surface area contributed by atoms with Crippen molar-refractivity contribution in [3.05, 3.63) is 74.9 Å². The molecule has 0 aliphatic carbocycles. The molecule has 0 saturated heterocycles. The minimum atomic E-state index is -0.512. The molecular formula is C19H14ClFN2O3. The second-order valence-corrected chi connectivity index (χ2v) is 6.44. The fourth-order valence-electron chi connectivity index (χ4n) is 3.08. The maximum atomic E-state index is 13.7. The van der Waals surface area contributed by atoms with Crippen molar-refractivity contribution >= 4 is 34.3 Å². The van der Waals surface area contributed by atoms with E-state index >= 15 is 0 Å². The highest BCUT2D eigenvalue weighted by molar-refractivity contribution is 6.34. The largest absolute Gasteiger partial charge is 0.457 e. The van der Waals surface area contributed by atoms with E-state index in [1.165, 1.54) is 17.0 Å². The summed E-state index contributed by atoms with van der Waals surface area (Å²) in [6, 6.07) is 10.5. The Morgan fingerprint density at radius 1 is 1.19 bits per heavy atom. The van der Waals surface area contributed by atoms with Gasteiger partial charge in [-0.3, -0.25) is 4.79 Å². The van der Waals surface area contributed by atoms with Gasteiger partial charge in [-0.15, -0.1) is 0 Å². The molecule has 0 fully saturated rings. The van der Waals surface area contributed by atoms with E-state index in [0.717, 1.165) is 0 Å². The van der Waals surface area contributed by atoms with Gasteiger partial charge in [-0.05, 0) is 30.7 Å². The molecule has 1 aliphatic rings. The van der Waals surface area contributed by atoms with Crippen LogP contribution in [0.25, 0.3) is 11.0 Å². The lowest BCUT2D eigenvalue weighted by atomic mass is 10.0. The first kappa shape index (κ1) is 16.6. The summed E-state index contributed by atoms with van der Waals surface area (Å²) in [5.74, 6) is -0.104. The van der Waals surface area contributed by atoms with Crippen molar-refractivity contribution < 1.29 is 13.6 Å². The van der Waals surface area contributed by atoms with Crippen molar-refractivity contribution in [3.8, 4) is 0 Å². The van der Waals surface area contributed by atoms with E-state index in [0.29, 0.717) is 40.3 Å². The van der Waals surface area contributed by atoms with Gasteiger partial charge in [0.1, 0.15) is 11.6 Å². The van der Waals surface area contributed by atoms with Crippen LogP contribution in [-0.4, -0.2) is 17.5 Å². The summed E-state index contributed by atoms with van der Waals surface area (Å²) in [5.41, 5.74) is 0.841. The first-order valence-corrected chi connectivity index (χ1v) is 8.46. The Hall–Kier alpha value is -2.86. The number of urea groups is 1. The van der Waals surface area contributed by atoms with Crippen molar-refractivity contribution in [1.29, 1.82) is 0 Å². The summed E-state index contributed by atoms with van der Waals surface area (Å²) < 4.78 is 19.5. The molecule has 0 atom stereocenters. The number of hydrogen-bond donors (Lipinski definition) is 1. The quantitative estimate of drug-likeness (QED) is 0.697. The van der Waals surface area contributed by atoms with Gasteiger partial charge in [0.15, 0.2) is 11.0 Å². The van der Waals surface area contributed by atoms with Gasteiger partial charge in [0, 0.05) is 12.1 Å². The molecule has 0 radical (unpaired) electrons. The predicted molar refractivity (Wildman–Crippen MR) is 97.0 cm³/mol. The molecule has 0 spiro atoms. The van der Waals surface area contributed by atoms with E-state index in [1.807, 2.05) is 0 Å². The summed E-state index contributed by atoms with van der Waals surface area (Å²) in [6.45, 7) is 0.455. The van der Waals surface area contributed by atoms with Crippen LogP contribution in [0.15, 0.2) is 51.7 Å². The standard InChI is InChI=1S/C19H14ClFN2O3/c20-13-5-3-4-12-17(24)11-8-9-23(10-16(11)26-18(12)13)19(25)22-15-7-2-1-6-14(15)21/h1-7H,8-10H2,(H,22,25). The number of benzene rings is 2. The van der Waals surface area contributed by atoms with E-state index in [2.05, 4.69) is 5.32 Å². The van der Waals surface area contributed by atoms with Gasteiger partial charge in [-0.25, -0.2) is 9.18 Å². The number of nitrogens with zero attached hydrogens (tertiary/aromatic N) is 1. The zero-order chi connectivity index (χ0) is 18.3. The maximum Gasteiger partial charge on any atom is 0.322 e. The van der Waals surface area contributed by atoms with Crippen LogP contribution in [0.1, 0.15) is 11.3 Å². The summed E-state index contributed by atoms with van der Waals surface area (Å²) >= 11 is 6.13. The summed E-state index contributed by atoms with van der Waals surface area (Å²) in [7, 11) is 0. The minimum absolute atomic E-state index is 0.103. The van der Waals surface area contributed by atoms with Crippen molar-refractivity contribution in [3.63, 3.8) is 0 Å². The van der Waals surface area contributed by atoms with Gasteiger partial charge in [0.05, 0.1) is 22.6 Å². The second kappa shape index (κ2) is 6.46. The Balaban J connectivity index is 1.64. The fraction of sp³-hybridized carbons (Fsp3) is 0.158. The van der Waals surface area contributed by atoms with Crippen LogP contribution < -0.4 is 10.7 Å². The number of hydrogen-bond acceptors (Lipinski definition) is 3. The van der Waals surface area contributed by atoms with Gasteiger partial charge >= 0.3 is 6.03 Å². The van der Waals surface area contributed by atoms with Crippen LogP contribution in [0.4, 0.5) is 14.9 Å². The van der Waals surface area contributed by atoms with Crippen molar-refractivity contribution in [2.75, 3.05) is 11.9 Å². The van der Waals surface area contributed by atoms with E-state index in [4.69, 9.17) is 16.0 Å². The number of carbonyl (C=O) groups is 1. The minimum Gasteiger partial charge on any atom is -0.457 e. The molecular weight excluding hydrogens is 359 g/mol. The lowest BCUT2D eigenvalue weighted by Crippen LogP contribution is -2.40. The maximum absolute atomic E-state index is 13.7. The molecule has 5 nitrogen and oxygen atoms in total. The molecule has 0 unspecified atom stereocenters. The van der Waals surface area contributed by atoms with Crippen LogP contribution in [0, 0.1) is 5.82 Å². The number of anilines is 1. The fourth-order valence-corrected chi connectivity index (χ4v) is 3.29. The van der Waals surface area contributed by atoms with Crippen LogP contribution in [0.2, 0.25) is 5.02 Å². The normalized spacial score (nSPS) is 13.5. The smallest absolute Gasteiger partial charge is 0.322 e. The van der Waals surface area contributed by atoms with Gasteiger partial charge in [-0.2, -0.15) is 0 Å². The Morgan fingerprint density at radius 3 is 2.81 bits per heavy atom. The van der Waals surface area contributed by atoms with E-state index in [1.54, 1.807) is 30.3 Å². The molecule has 0 bridgehead atoms. The van der Waals surface area contributed by atoms with E-state index in [-0.39, 0.29) is 17.7 Å². The number of fused-ring (bicyclic) bond motifs is 2. The zero-order valence-electron chi connectivity index (χ0n) is 13.6. The molecule has 3 aromatic rings. The van der Waals surface area contributed by atoms with Crippen LogP contribution >= 0.6 is 11.6 Å². The highest BCUT2D eigenvalue weighted by Crippen LogP contribution is 2.26. The third-order valence-electron chi connectivity index (χ3n) is 4.42. The SMILES string of the molecule is O=C(Nc1ccccc1F)N1CCc2c(oc3c(Cl)cccc3c2=O)C1. The Morgan fingerprint density at radius 2 is 2.00 bits per heavy atom. The van der Waals surface area contributed by atoms with Gasteiger partial charge in [0.2, 0.25) is 0 Å². The third kappa shape index (κ3) is 2.82. The Bertz CT molecular complexity index is 1080. The Labute approximate surface area is 153 Å². The molecule has 2 amide bonds. The molecule has 26 heavy (non-hydrogen) atoms. The first-order valence-electron chi connectivity index (χ1n) is 8.08. The second-order valence-electron chi connectivity index (χ2n) is 6.03. The average molecular weight is 373 g/mol. The topological polar surface area (TPSA) is 62.6 Å². The summed E-state index contributed by atoms with van der Waals surface area (Å²) in [6.07, 6.45) is 0.366. The zero-order valence-corrected chi connectivity index (χ0v) is 14.3. The van der Waals surface area contributed by atoms with E-state index < -0.39 is 11.8 Å². The first-order chi connectivity index (χ1) is 12.5. The summed E-state index contributed by atoms with van der Waals surface area (Å²) in [5, 5.41) is 3.31. The molecule has 7 heteroatoms. The van der Waals surface area contributed by atoms with Gasteiger partial charge in [0.25, 0.3) is 0 Å². The number of halogens is 2. The number of carbonyl (C=O) groups excluding carboxylic acids is 1. The van der Waals surface area contributed by atoms with Crippen molar-refractivity contribution in [2.45, 2.75) is 13.0 Å². The van der Waals surface area contributed by atoms with Crippen molar-refractivity contribution in [1.82, 2.24) is 4.90 Å². The lowest BCUT2D eigenvalue weighted by molar-refractivity contribution is 0.199. The highest BCUT2D eigenvalue weighted by Gasteiger charge is 2.26. The van der Waals surface area contributed by atoms with Gasteiger partial charge < -0.3 is 14.6 Å². The third-order valence-corrected chi connectivity index (χ3v) is 4.71. The lowest BCUT2D eigenvalue weighted by Gasteiger charge is -2.27. The highest BCUT2D eigenvalue weighted by atomic mass is 35.5. The van der Waals surface area contributed by atoms with Gasteiger partial charge in [-0.1, -0.05) is 29.8 Å². The number of para-hydroxylation sites is 2. The van der Waals surface area contributed by atoms with E-state index in [9.17, 15) is 14.0 Å². The summed E-state index contributed by atoms with van der Waals surface area (Å²) in [4.78, 5) is 26.6. The van der Waals surface area contributed by atoms with Crippen molar-refractivity contribution in [2.24, 2.45) is 0 Å². The molecule has 132 valence electrons. The van der Waals surface area contributed by atoms with Crippen LogP contribution in [-0.2, 0) is 13.0 Å². The Kier molecular flexibility index (Phi) is 4.12. The molecule has 1 aliphatic heterocycles. The predicted octanol–water partition coefficient (Wildman–Crippen LogP) is 4.18. The molecule has 1 aromatic heterocycles. The average Bonchev–Trinajstić information content (AvgIpc) is 2.64. The van der Waals surface area contributed by atoms with Crippen LogP contribution in [0.3, 0.4) is 0 Å². The molecule has 2 aromatic carbocycles.